The van der Waals surface area contributed by atoms with Gasteiger partial charge in [-0.1, -0.05) is 67.1 Å². The second kappa shape index (κ2) is 12.9. The van der Waals surface area contributed by atoms with Crippen molar-refractivity contribution in [1.29, 1.82) is 0 Å². The molecule has 0 heterocycles. The number of hydrogen-bond donors (Lipinski definition) is 1. The minimum absolute atomic E-state index is 0.0476. The summed E-state index contributed by atoms with van der Waals surface area (Å²) < 4.78 is 28.8. The molecule has 38 heavy (non-hydrogen) atoms. The van der Waals surface area contributed by atoms with Gasteiger partial charge in [-0.25, -0.2) is 8.42 Å². The van der Waals surface area contributed by atoms with Gasteiger partial charge in [0.15, 0.2) is 0 Å². The Balaban J connectivity index is 2.06. The van der Waals surface area contributed by atoms with Crippen molar-refractivity contribution in [2.24, 2.45) is 0 Å². The van der Waals surface area contributed by atoms with E-state index in [9.17, 15) is 18.0 Å². The van der Waals surface area contributed by atoms with Gasteiger partial charge in [0.1, 0.15) is 12.6 Å². The molecule has 1 atom stereocenters. The van der Waals surface area contributed by atoms with Crippen molar-refractivity contribution in [3.8, 4) is 0 Å². The maximum absolute atomic E-state index is 13.9. The lowest BCUT2D eigenvalue weighted by Gasteiger charge is -2.32. The first-order valence-corrected chi connectivity index (χ1v) is 14.3. The minimum Gasteiger partial charge on any atom is -0.354 e. The summed E-state index contributed by atoms with van der Waals surface area (Å²) in [6.07, 6.45) is 0.751. The van der Waals surface area contributed by atoms with Crippen molar-refractivity contribution in [3.05, 3.63) is 94.5 Å². The van der Waals surface area contributed by atoms with Gasteiger partial charge in [-0.3, -0.25) is 13.9 Å². The van der Waals surface area contributed by atoms with Gasteiger partial charge >= 0.3 is 0 Å². The molecular weight excluding hydrogens is 522 g/mol. The summed E-state index contributed by atoms with van der Waals surface area (Å²) in [5.74, 6) is -0.809. The molecule has 0 fully saturated rings. The molecule has 1 unspecified atom stereocenters. The van der Waals surface area contributed by atoms with Crippen LogP contribution >= 0.6 is 11.6 Å². The number of benzene rings is 3. The van der Waals surface area contributed by atoms with Crippen LogP contribution in [0.15, 0.2) is 77.7 Å². The molecule has 0 aromatic heterocycles. The minimum atomic E-state index is -4.14. The molecule has 0 aliphatic heterocycles. The number of nitrogens with zero attached hydrogens (tertiary/aromatic N) is 2. The lowest BCUT2D eigenvalue weighted by molar-refractivity contribution is -0.139. The van der Waals surface area contributed by atoms with Gasteiger partial charge in [0.25, 0.3) is 10.0 Å². The van der Waals surface area contributed by atoms with Crippen molar-refractivity contribution in [1.82, 2.24) is 10.2 Å². The molecule has 9 heteroatoms. The second-order valence-electron chi connectivity index (χ2n) is 9.17. The van der Waals surface area contributed by atoms with Gasteiger partial charge in [-0.15, -0.1) is 0 Å². The summed E-state index contributed by atoms with van der Waals surface area (Å²) in [7, 11) is -4.14. The van der Waals surface area contributed by atoms with E-state index in [1.54, 1.807) is 44.2 Å². The molecular formula is C29H34ClN3O4S. The van der Waals surface area contributed by atoms with Crippen molar-refractivity contribution in [2.45, 2.75) is 51.6 Å². The third-order valence-electron chi connectivity index (χ3n) is 6.37. The Morgan fingerprint density at radius 1 is 0.947 bits per heavy atom. The monoisotopic (exact) mass is 555 g/mol. The van der Waals surface area contributed by atoms with Gasteiger partial charge < -0.3 is 10.2 Å². The summed E-state index contributed by atoms with van der Waals surface area (Å²) in [5, 5.41) is 3.19. The van der Waals surface area contributed by atoms with E-state index in [1.807, 2.05) is 38.1 Å². The zero-order valence-electron chi connectivity index (χ0n) is 22.1. The Hall–Kier alpha value is -3.36. The first-order valence-electron chi connectivity index (χ1n) is 12.5. The fourth-order valence-corrected chi connectivity index (χ4v) is 5.69. The normalized spacial score (nSPS) is 12.0. The average molecular weight is 556 g/mol. The van der Waals surface area contributed by atoms with Gasteiger partial charge in [-0.2, -0.15) is 0 Å². The zero-order valence-corrected chi connectivity index (χ0v) is 23.7. The lowest BCUT2D eigenvalue weighted by atomic mass is 10.1. The maximum Gasteiger partial charge on any atom is 0.264 e. The Morgan fingerprint density at radius 3 is 2.26 bits per heavy atom. The van der Waals surface area contributed by atoms with E-state index in [0.29, 0.717) is 22.8 Å². The topological polar surface area (TPSA) is 86.8 Å². The van der Waals surface area contributed by atoms with Gasteiger partial charge in [0.05, 0.1) is 10.6 Å². The molecule has 0 bridgehead atoms. The van der Waals surface area contributed by atoms with Crippen LogP contribution in [0, 0.1) is 13.8 Å². The van der Waals surface area contributed by atoms with E-state index < -0.39 is 28.5 Å². The number of amides is 2. The van der Waals surface area contributed by atoms with Gasteiger partial charge in [0.2, 0.25) is 11.8 Å². The molecule has 0 saturated heterocycles. The van der Waals surface area contributed by atoms with E-state index in [1.165, 1.54) is 23.1 Å². The number of carbonyl (C=O) groups is 2. The number of hydrogen-bond acceptors (Lipinski definition) is 4. The van der Waals surface area contributed by atoms with Gasteiger partial charge in [-0.05, 0) is 68.1 Å². The number of anilines is 1. The predicted molar refractivity (Wildman–Crippen MR) is 152 cm³/mol. The Labute approximate surface area is 230 Å². The number of carbonyl (C=O) groups excluding carboxylic acids is 2. The number of halogens is 1. The second-order valence-corrected chi connectivity index (χ2v) is 11.5. The Kier molecular flexibility index (Phi) is 9.94. The van der Waals surface area contributed by atoms with Crippen LogP contribution in [0.2, 0.25) is 5.02 Å². The summed E-state index contributed by atoms with van der Waals surface area (Å²) >= 11 is 6.25. The highest BCUT2D eigenvalue weighted by molar-refractivity contribution is 7.92. The van der Waals surface area contributed by atoms with Crippen molar-refractivity contribution < 1.29 is 18.0 Å². The molecule has 202 valence electrons. The van der Waals surface area contributed by atoms with E-state index in [2.05, 4.69) is 5.32 Å². The van der Waals surface area contributed by atoms with Crippen LogP contribution in [-0.4, -0.2) is 44.3 Å². The van der Waals surface area contributed by atoms with Crippen LogP contribution in [0.1, 0.15) is 37.0 Å². The standard InChI is InChI=1S/C29H34ClN3O4S/c1-5-17-31-29(35)23(4)32(19-24-12-10-9-11-21(24)2)28(34)20-33(27-18-25(30)16-15-22(27)3)38(36,37)26-13-7-6-8-14-26/h6-16,18,23H,5,17,19-20H2,1-4H3,(H,31,35). The van der Waals surface area contributed by atoms with E-state index in [4.69, 9.17) is 11.6 Å². The molecule has 0 saturated carbocycles. The Bertz CT molecular complexity index is 1380. The molecule has 0 spiro atoms. The Morgan fingerprint density at radius 2 is 1.61 bits per heavy atom. The summed E-state index contributed by atoms with van der Waals surface area (Å²) in [6, 6.07) is 19.6. The predicted octanol–water partition coefficient (Wildman–Crippen LogP) is 5.10. The third-order valence-corrected chi connectivity index (χ3v) is 8.38. The van der Waals surface area contributed by atoms with Crippen LogP contribution in [0.25, 0.3) is 0 Å². The highest BCUT2D eigenvalue weighted by Crippen LogP contribution is 2.30. The summed E-state index contributed by atoms with van der Waals surface area (Å²) in [4.78, 5) is 28.4. The van der Waals surface area contributed by atoms with Crippen LogP contribution in [-0.2, 0) is 26.2 Å². The highest BCUT2D eigenvalue weighted by Gasteiger charge is 2.33. The average Bonchev–Trinajstić information content (AvgIpc) is 2.91. The van der Waals surface area contributed by atoms with Crippen LogP contribution < -0.4 is 9.62 Å². The van der Waals surface area contributed by atoms with Crippen LogP contribution in [0.3, 0.4) is 0 Å². The van der Waals surface area contributed by atoms with E-state index >= 15 is 0 Å². The molecule has 2 amide bonds. The smallest absolute Gasteiger partial charge is 0.264 e. The molecule has 0 radical (unpaired) electrons. The number of aryl methyl sites for hydroxylation is 2. The molecule has 0 aliphatic carbocycles. The number of rotatable bonds is 11. The molecule has 7 nitrogen and oxygen atoms in total. The van der Waals surface area contributed by atoms with E-state index in [0.717, 1.165) is 21.9 Å². The molecule has 1 N–H and O–H groups in total. The fraction of sp³-hybridized carbons (Fsp3) is 0.310. The molecule has 3 aromatic carbocycles. The first kappa shape index (κ1) is 29.2. The van der Waals surface area contributed by atoms with Crippen molar-refractivity contribution in [3.63, 3.8) is 0 Å². The van der Waals surface area contributed by atoms with Crippen molar-refractivity contribution >= 4 is 39.1 Å². The van der Waals surface area contributed by atoms with Crippen LogP contribution in [0.4, 0.5) is 5.69 Å². The fourth-order valence-electron chi connectivity index (χ4n) is 4.03. The number of nitrogens with one attached hydrogen (secondary N) is 1. The highest BCUT2D eigenvalue weighted by atomic mass is 35.5. The first-order chi connectivity index (χ1) is 18.1. The van der Waals surface area contributed by atoms with Crippen molar-refractivity contribution in [2.75, 3.05) is 17.4 Å². The quantitative estimate of drug-likeness (QED) is 0.357. The largest absolute Gasteiger partial charge is 0.354 e. The third kappa shape index (κ3) is 6.94. The number of sulfonamides is 1. The zero-order chi connectivity index (χ0) is 27.9. The molecule has 3 rings (SSSR count). The molecule has 0 aliphatic rings. The molecule has 3 aromatic rings. The summed E-state index contributed by atoms with van der Waals surface area (Å²) in [5.41, 5.74) is 2.77. The van der Waals surface area contributed by atoms with E-state index in [-0.39, 0.29) is 17.3 Å². The summed E-state index contributed by atoms with van der Waals surface area (Å²) in [6.45, 7) is 7.42. The van der Waals surface area contributed by atoms with Crippen LogP contribution in [0.5, 0.6) is 0 Å². The SMILES string of the molecule is CCCNC(=O)C(C)N(Cc1ccccc1C)C(=O)CN(c1cc(Cl)ccc1C)S(=O)(=O)c1ccccc1. The lowest BCUT2D eigenvalue weighted by Crippen LogP contribution is -2.51. The van der Waals surface area contributed by atoms with Gasteiger partial charge in [0, 0.05) is 18.1 Å². The maximum atomic E-state index is 13.9.